The van der Waals surface area contributed by atoms with Crippen LogP contribution in [0.3, 0.4) is 0 Å². The van der Waals surface area contributed by atoms with Crippen molar-refractivity contribution in [2.75, 3.05) is 20.1 Å². The third-order valence-electron chi connectivity index (χ3n) is 3.52. The van der Waals surface area contributed by atoms with Gasteiger partial charge in [0, 0.05) is 26.6 Å². The second kappa shape index (κ2) is 8.29. The molecule has 0 aliphatic heterocycles. The van der Waals surface area contributed by atoms with Gasteiger partial charge in [-0.1, -0.05) is 31.0 Å². The van der Waals surface area contributed by atoms with E-state index in [0.29, 0.717) is 12.1 Å². The molecule has 5 nitrogen and oxygen atoms in total. The van der Waals surface area contributed by atoms with Crippen molar-refractivity contribution in [3.63, 3.8) is 0 Å². The number of sulfonamides is 1. The number of amides is 1. The van der Waals surface area contributed by atoms with Gasteiger partial charge in [0.2, 0.25) is 15.9 Å². The van der Waals surface area contributed by atoms with E-state index < -0.39 is 10.0 Å². The molecule has 0 atom stereocenters. The number of carbonyl (C=O) groups excluding carboxylic acids is 1. The Hall–Kier alpha value is -1.40. The number of unbranched alkanes of at least 4 members (excludes halogenated alkanes) is 1. The average Bonchev–Trinajstić information content (AvgIpc) is 2.43. The maximum Gasteiger partial charge on any atom is 0.240 e. The van der Waals surface area contributed by atoms with Crippen molar-refractivity contribution in [2.45, 2.75) is 44.9 Å². The Kier molecular flexibility index (Phi) is 7.03. The third-order valence-corrected chi connectivity index (χ3v) is 5.14. The van der Waals surface area contributed by atoms with Gasteiger partial charge in [-0.25, -0.2) is 13.1 Å². The van der Waals surface area contributed by atoms with Crippen LogP contribution >= 0.6 is 0 Å². The smallest absolute Gasteiger partial charge is 0.240 e. The van der Waals surface area contributed by atoms with Crippen LogP contribution in [0.15, 0.2) is 23.1 Å². The molecule has 1 rings (SSSR count). The number of benzene rings is 1. The summed E-state index contributed by atoms with van der Waals surface area (Å²) in [5.74, 6) is -0.0446. The molecule has 0 bridgehead atoms. The summed E-state index contributed by atoms with van der Waals surface area (Å²) in [6.07, 6.45) is 2.15. The van der Waals surface area contributed by atoms with Crippen LogP contribution in [0.5, 0.6) is 0 Å². The number of hydrogen-bond acceptors (Lipinski definition) is 3. The molecule has 0 unspecified atom stereocenters. The second-order valence-electron chi connectivity index (χ2n) is 5.59. The Morgan fingerprint density at radius 1 is 1.27 bits per heavy atom. The number of carbonyl (C=O) groups is 1. The number of hydrogen-bond donors (Lipinski definition) is 1. The summed E-state index contributed by atoms with van der Waals surface area (Å²) in [5.41, 5.74) is 1.73. The molecule has 6 heteroatoms. The maximum absolute atomic E-state index is 12.3. The first-order valence-electron chi connectivity index (χ1n) is 7.59. The molecule has 0 saturated heterocycles. The van der Waals surface area contributed by atoms with Crippen molar-refractivity contribution >= 4 is 15.9 Å². The van der Waals surface area contributed by atoms with E-state index in [-0.39, 0.29) is 23.8 Å². The minimum absolute atomic E-state index is 0.0446. The van der Waals surface area contributed by atoms with Crippen LogP contribution < -0.4 is 4.72 Å². The van der Waals surface area contributed by atoms with Crippen molar-refractivity contribution < 1.29 is 13.2 Å². The van der Waals surface area contributed by atoms with Gasteiger partial charge >= 0.3 is 0 Å². The maximum atomic E-state index is 12.3. The highest BCUT2D eigenvalue weighted by Crippen LogP contribution is 2.16. The monoisotopic (exact) mass is 326 g/mol. The van der Waals surface area contributed by atoms with E-state index in [4.69, 9.17) is 0 Å². The van der Waals surface area contributed by atoms with Gasteiger partial charge in [0.25, 0.3) is 0 Å². The first-order valence-corrected chi connectivity index (χ1v) is 9.07. The lowest BCUT2D eigenvalue weighted by molar-refractivity contribution is -0.129. The summed E-state index contributed by atoms with van der Waals surface area (Å²) >= 11 is 0. The number of nitrogens with one attached hydrogen (secondary N) is 1. The minimum Gasteiger partial charge on any atom is -0.346 e. The molecule has 1 amide bonds. The van der Waals surface area contributed by atoms with Crippen molar-refractivity contribution in [3.05, 3.63) is 29.3 Å². The standard InChI is InChI=1S/C16H26N2O3S/c1-5-6-11-18(4)16(19)9-10-17-22(20,21)15-8-7-13(2)12-14(15)3/h7-8,12,17H,5-6,9-11H2,1-4H3. The summed E-state index contributed by atoms with van der Waals surface area (Å²) in [6, 6.07) is 5.20. The van der Waals surface area contributed by atoms with E-state index in [1.807, 2.05) is 13.0 Å². The van der Waals surface area contributed by atoms with Crippen molar-refractivity contribution in [2.24, 2.45) is 0 Å². The number of aryl methyl sites for hydroxylation is 2. The SMILES string of the molecule is CCCCN(C)C(=O)CCNS(=O)(=O)c1ccc(C)cc1C. The Morgan fingerprint density at radius 3 is 2.55 bits per heavy atom. The highest BCUT2D eigenvalue weighted by Gasteiger charge is 2.17. The fourth-order valence-electron chi connectivity index (χ4n) is 2.18. The van der Waals surface area contributed by atoms with E-state index in [9.17, 15) is 13.2 Å². The molecule has 0 aliphatic carbocycles. The van der Waals surface area contributed by atoms with E-state index in [1.165, 1.54) is 0 Å². The molecule has 0 fully saturated rings. The van der Waals surface area contributed by atoms with Gasteiger partial charge in [0.05, 0.1) is 4.90 Å². The lowest BCUT2D eigenvalue weighted by Gasteiger charge is -2.17. The zero-order valence-electron chi connectivity index (χ0n) is 13.8. The van der Waals surface area contributed by atoms with Gasteiger partial charge in [0.1, 0.15) is 0 Å². The first kappa shape index (κ1) is 18.6. The molecule has 1 N–H and O–H groups in total. The topological polar surface area (TPSA) is 66.5 Å². The van der Waals surface area contributed by atoms with Crippen molar-refractivity contribution in [1.82, 2.24) is 9.62 Å². The Bertz CT molecular complexity index is 612. The predicted octanol–water partition coefficient (Wildman–Crippen LogP) is 2.23. The highest BCUT2D eigenvalue weighted by molar-refractivity contribution is 7.89. The molecular weight excluding hydrogens is 300 g/mol. The Morgan fingerprint density at radius 2 is 1.95 bits per heavy atom. The fourth-order valence-corrected chi connectivity index (χ4v) is 3.44. The van der Waals surface area contributed by atoms with Crippen molar-refractivity contribution in [3.8, 4) is 0 Å². The summed E-state index contributed by atoms with van der Waals surface area (Å²) in [4.78, 5) is 13.8. The van der Waals surface area contributed by atoms with Crippen LogP contribution in [0.4, 0.5) is 0 Å². The lowest BCUT2D eigenvalue weighted by Crippen LogP contribution is -2.32. The van der Waals surface area contributed by atoms with Gasteiger partial charge < -0.3 is 4.90 Å². The van der Waals surface area contributed by atoms with E-state index >= 15 is 0 Å². The summed E-state index contributed by atoms with van der Waals surface area (Å²) in [5, 5.41) is 0. The van der Waals surface area contributed by atoms with Gasteiger partial charge in [-0.15, -0.1) is 0 Å². The molecule has 0 aliphatic rings. The average molecular weight is 326 g/mol. The number of nitrogens with zero attached hydrogens (tertiary/aromatic N) is 1. The second-order valence-corrected chi connectivity index (χ2v) is 7.32. The zero-order chi connectivity index (χ0) is 16.8. The zero-order valence-corrected chi connectivity index (χ0v) is 14.7. The normalized spacial score (nSPS) is 11.5. The first-order chi connectivity index (χ1) is 10.3. The quantitative estimate of drug-likeness (QED) is 0.796. The molecule has 1 aromatic rings. The third kappa shape index (κ3) is 5.42. The summed E-state index contributed by atoms with van der Waals surface area (Å²) in [7, 11) is -1.82. The van der Waals surface area contributed by atoms with Crippen LogP contribution in [0, 0.1) is 13.8 Å². The minimum atomic E-state index is -3.57. The molecule has 0 radical (unpaired) electrons. The van der Waals surface area contributed by atoms with Crippen LogP contribution in [-0.4, -0.2) is 39.4 Å². The largest absolute Gasteiger partial charge is 0.346 e. The Balaban J connectivity index is 2.58. The van der Waals surface area contributed by atoms with Gasteiger partial charge in [-0.3, -0.25) is 4.79 Å². The van der Waals surface area contributed by atoms with E-state index in [1.54, 1.807) is 31.0 Å². The Labute approximate surface area is 133 Å². The molecule has 0 saturated carbocycles. The van der Waals surface area contributed by atoms with Gasteiger partial charge in [-0.2, -0.15) is 0 Å². The molecule has 124 valence electrons. The summed E-state index contributed by atoms with van der Waals surface area (Å²) < 4.78 is 27.0. The van der Waals surface area contributed by atoms with Crippen LogP contribution in [0.1, 0.15) is 37.3 Å². The molecule has 1 aromatic carbocycles. The number of rotatable bonds is 8. The lowest BCUT2D eigenvalue weighted by atomic mass is 10.2. The fraction of sp³-hybridized carbons (Fsp3) is 0.562. The molecule has 0 heterocycles. The van der Waals surface area contributed by atoms with Crippen LogP contribution in [0.2, 0.25) is 0 Å². The molecule has 0 spiro atoms. The predicted molar refractivity (Wildman–Crippen MR) is 88.3 cm³/mol. The van der Waals surface area contributed by atoms with Crippen molar-refractivity contribution in [1.29, 1.82) is 0 Å². The molecule has 0 aromatic heterocycles. The van der Waals surface area contributed by atoms with Crippen LogP contribution in [0.25, 0.3) is 0 Å². The van der Waals surface area contributed by atoms with Crippen LogP contribution in [-0.2, 0) is 14.8 Å². The molecule has 22 heavy (non-hydrogen) atoms. The van der Waals surface area contributed by atoms with E-state index in [0.717, 1.165) is 18.4 Å². The summed E-state index contributed by atoms with van der Waals surface area (Å²) in [6.45, 7) is 6.58. The van der Waals surface area contributed by atoms with E-state index in [2.05, 4.69) is 11.6 Å². The van der Waals surface area contributed by atoms with Gasteiger partial charge in [-0.05, 0) is 31.9 Å². The van der Waals surface area contributed by atoms with Gasteiger partial charge in [0.15, 0.2) is 0 Å². The highest BCUT2D eigenvalue weighted by atomic mass is 32.2. The molecular formula is C16H26N2O3S.